The van der Waals surface area contributed by atoms with E-state index in [4.69, 9.17) is 4.74 Å². The minimum absolute atomic E-state index is 0.0768. The fourth-order valence-corrected chi connectivity index (χ4v) is 5.49. The van der Waals surface area contributed by atoms with E-state index in [0.717, 1.165) is 35.6 Å². The number of carbonyl (C=O) groups excluding carboxylic acids is 1. The van der Waals surface area contributed by atoms with Crippen LogP contribution in [0.2, 0.25) is 0 Å². The number of ether oxygens (including phenoxy) is 1. The van der Waals surface area contributed by atoms with Crippen molar-refractivity contribution in [1.82, 2.24) is 5.32 Å². The van der Waals surface area contributed by atoms with Gasteiger partial charge >= 0.3 is 0 Å². The molecule has 0 aromatic heterocycles. The molecular weight excluding hydrogens is 492 g/mol. The van der Waals surface area contributed by atoms with Gasteiger partial charge in [0.15, 0.2) is 0 Å². The zero-order chi connectivity index (χ0) is 23.7. The number of aryl methyl sites for hydroxylation is 1. The van der Waals surface area contributed by atoms with Crippen LogP contribution in [0.25, 0.3) is 0 Å². The molecule has 1 amide bonds. The molecule has 2 aromatic rings. The smallest absolute Gasteiger partial charge is 0.264 e. The Bertz CT molecular complexity index is 994. The van der Waals surface area contributed by atoms with Gasteiger partial charge in [-0.05, 0) is 65.5 Å². The summed E-state index contributed by atoms with van der Waals surface area (Å²) in [6, 6.07) is 11.7. The van der Waals surface area contributed by atoms with Gasteiger partial charge in [-0.2, -0.15) is 0 Å². The lowest BCUT2D eigenvalue weighted by atomic mass is 9.99. The van der Waals surface area contributed by atoms with E-state index in [1.165, 1.54) is 19.2 Å². The third-order valence-electron chi connectivity index (χ3n) is 5.45. The monoisotopic (exact) mass is 524 g/mol. The van der Waals surface area contributed by atoms with Gasteiger partial charge in [0.1, 0.15) is 12.3 Å². The van der Waals surface area contributed by atoms with Crippen molar-refractivity contribution in [3.8, 4) is 5.75 Å². The molecule has 32 heavy (non-hydrogen) atoms. The van der Waals surface area contributed by atoms with Crippen LogP contribution in [0.15, 0.2) is 51.8 Å². The summed E-state index contributed by atoms with van der Waals surface area (Å²) in [5, 5.41) is 2.93. The van der Waals surface area contributed by atoms with Crippen LogP contribution in [-0.2, 0) is 14.8 Å². The molecule has 0 radical (unpaired) electrons. The Labute approximate surface area is 200 Å². The highest BCUT2D eigenvalue weighted by Crippen LogP contribution is 2.30. The number of unbranched alkanes of at least 4 members (excludes halogenated alkanes) is 1. The van der Waals surface area contributed by atoms with Gasteiger partial charge in [0.05, 0.1) is 22.2 Å². The minimum Gasteiger partial charge on any atom is -0.496 e. The predicted molar refractivity (Wildman–Crippen MR) is 133 cm³/mol. The molecule has 1 atom stereocenters. The Hall–Kier alpha value is -2.06. The van der Waals surface area contributed by atoms with E-state index in [9.17, 15) is 13.2 Å². The molecule has 2 aromatic carbocycles. The largest absolute Gasteiger partial charge is 0.496 e. The molecule has 1 N–H and O–H groups in total. The number of nitrogens with one attached hydrogen (secondary N) is 1. The summed E-state index contributed by atoms with van der Waals surface area (Å²) in [5.41, 5.74) is 1.44. The average molecular weight is 526 g/mol. The van der Waals surface area contributed by atoms with Crippen molar-refractivity contribution in [3.63, 3.8) is 0 Å². The summed E-state index contributed by atoms with van der Waals surface area (Å²) in [7, 11) is -2.47. The summed E-state index contributed by atoms with van der Waals surface area (Å²) in [6.45, 7) is 6.44. The summed E-state index contributed by atoms with van der Waals surface area (Å²) in [4.78, 5) is 12.9. The standard InChI is InChI=1S/C24H33BrN2O4S/c1-5-7-8-19(6-2)16-26-24(28)17-27(20-11-9-18(3)10-12-20)32(29,30)21-13-14-23(31-4)22(25)15-21/h9-15,19H,5-8,16-17H2,1-4H3,(H,26,28)/t19-/m0/s1. The molecule has 6 nitrogen and oxygen atoms in total. The molecule has 0 aliphatic rings. The third kappa shape index (κ3) is 6.97. The molecule has 0 heterocycles. The van der Waals surface area contributed by atoms with E-state index in [2.05, 4.69) is 35.1 Å². The van der Waals surface area contributed by atoms with Gasteiger partial charge in [-0.15, -0.1) is 0 Å². The van der Waals surface area contributed by atoms with E-state index >= 15 is 0 Å². The predicted octanol–water partition coefficient (Wildman–Crippen LogP) is 5.29. The van der Waals surface area contributed by atoms with Crippen molar-refractivity contribution in [2.24, 2.45) is 5.92 Å². The second-order valence-corrected chi connectivity index (χ2v) is 10.6. The van der Waals surface area contributed by atoms with Gasteiger partial charge in [-0.3, -0.25) is 9.10 Å². The van der Waals surface area contributed by atoms with E-state index in [1.807, 2.05) is 19.1 Å². The Morgan fingerprint density at radius 3 is 2.41 bits per heavy atom. The number of hydrogen-bond donors (Lipinski definition) is 1. The molecule has 2 rings (SSSR count). The highest BCUT2D eigenvalue weighted by Gasteiger charge is 2.28. The zero-order valence-electron chi connectivity index (χ0n) is 19.2. The summed E-state index contributed by atoms with van der Waals surface area (Å²) in [5.74, 6) is 0.596. The molecule has 0 saturated carbocycles. The first-order valence-electron chi connectivity index (χ1n) is 10.9. The van der Waals surface area contributed by atoms with Crippen LogP contribution in [0.3, 0.4) is 0 Å². The number of amides is 1. The Kier molecular flexibility index (Phi) is 10.0. The van der Waals surface area contributed by atoms with Crippen molar-refractivity contribution < 1.29 is 17.9 Å². The maximum Gasteiger partial charge on any atom is 0.264 e. The van der Waals surface area contributed by atoms with Gasteiger partial charge in [0.2, 0.25) is 5.91 Å². The lowest BCUT2D eigenvalue weighted by Gasteiger charge is -2.25. The molecule has 0 fully saturated rings. The first kappa shape index (κ1) is 26.2. The second kappa shape index (κ2) is 12.3. The molecule has 0 aliphatic heterocycles. The summed E-state index contributed by atoms with van der Waals surface area (Å²) < 4.78 is 33.9. The van der Waals surface area contributed by atoms with Gasteiger partial charge < -0.3 is 10.1 Å². The van der Waals surface area contributed by atoms with E-state index in [-0.39, 0.29) is 17.3 Å². The number of anilines is 1. The Morgan fingerprint density at radius 1 is 1.16 bits per heavy atom. The maximum atomic E-state index is 13.5. The van der Waals surface area contributed by atoms with Crippen molar-refractivity contribution in [1.29, 1.82) is 0 Å². The van der Waals surface area contributed by atoms with Crippen molar-refractivity contribution in [3.05, 3.63) is 52.5 Å². The maximum absolute atomic E-state index is 13.5. The van der Waals surface area contributed by atoms with Crippen LogP contribution in [-0.4, -0.2) is 34.5 Å². The zero-order valence-corrected chi connectivity index (χ0v) is 21.6. The average Bonchev–Trinajstić information content (AvgIpc) is 2.78. The van der Waals surface area contributed by atoms with Crippen molar-refractivity contribution >= 4 is 37.5 Å². The summed E-state index contributed by atoms with van der Waals surface area (Å²) >= 11 is 3.35. The van der Waals surface area contributed by atoms with E-state index in [0.29, 0.717) is 28.4 Å². The number of benzene rings is 2. The number of carbonyl (C=O) groups is 1. The molecule has 0 aliphatic carbocycles. The molecular formula is C24H33BrN2O4S. The molecule has 0 spiro atoms. The molecule has 8 heteroatoms. The third-order valence-corrected chi connectivity index (χ3v) is 7.84. The topological polar surface area (TPSA) is 75.7 Å². The van der Waals surface area contributed by atoms with Crippen LogP contribution in [0.5, 0.6) is 5.75 Å². The molecule has 0 unspecified atom stereocenters. The van der Waals surface area contributed by atoms with E-state index in [1.54, 1.807) is 18.2 Å². The number of hydrogen-bond acceptors (Lipinski definition) is 4. The first-order chi connectivity index (χ1) is 15.2. The van der Waals surface area contributed by atoms with Gasteiger partial charge in [0.25, 0.3) is 10.0 Å². The number of sulfonamides is 1. The highest BCUT2D eigenvalue weighted by atomic mass is 79.9. The lowest BCUT2D eigenvalue weighted by Crippen LogP contribution is -2.42. The van der Waals surface area contributed by atoms with Gasteiger partial charge in [0, 0.05) is 6.54 Å². The Morgan fingerprint density at radius 2 is 1.84 bits per heavy atom. The van der Waals surface area contributed by atoms with Crippen LogP contribution in [0.1, 0.15) is 45.1 Å². The van der Waals surface area contributed by atoms with Crippen LogP contribution < -0.4 is 14.4 Å². The number of nitrogens with zero attached hydrogens (tertiary/aromatic N) is 1. The van der Waals surface area contributed by atoms with Crippen LogP contribution in [0, 0.1) is 12.8 Å². The first-order valence-corrected chi connectivity index (χ1v) is 13.2. The number of rotatable bonds is 12. The minimum atomic E-state index is -3.98. The van der Waals surface area contributed by atoms with E-state index < -0.39 is 10.0 Å². The lowest BCUT2D eigenvalue weighted by molar-refractivity contribution is -0.119. The Balaban J connectivity index is 2.29. The highest BCUT2D eigenvalue weighted by molar-refractivity contribution is 9.10. The van der Waals surface area contributed by atoms with Gasteiger partial charge in [-0.1, -0.05) is 50.8 Å². The fraction of sp³-hybridized carbons (Fsp3) is 0.458. The van der Waals surface area contributed by atoms with Crippen LogP contribution in [0.4, 0.5) is 5.69 Å². The fourth-order valence-electron chi connectivity index (χ4n) is 3.35. The van der Waals surface area contributed by atoms with Crippen molar-refractivity contribution in [2.45, 2.75) is 51.3 Å². The summed E-state index contributed by atoms with van der Waals surface area (Å²) in [6.07, 6.45) is 4.25. The normalized spacial score (nSPS) is 12.3. The van der Waals surface area contributed by atoms with Crippen molar-refractivity contribution in [2.75, 3.05) is 24.5 Å². The molecule has 0 saturated heterocycles. The SMILES string of the molecule is CCCC[C@H](CC)CNC(=O)CN(c1ccc(C)cc1)S(=O)(=O)c1ccc(OC)c(Br)c1. The molecule has 176 valence electrons. The van der Waals surface area contributed by atoms with Crippen LogP contribution >= 0.6 is 15.9 Å². The molecule has 0 bridgehead atoms. The number of methoxy groups -OCH3 is 1. The quantitative estimate of drug-likeness (QED) is 0.409. The van der Waals surface area contributed by atoms with Gasteiger partial charge in [-0.25, -0.2) is 8.42 Å². The number of halogens is 1. The second-order valence-electron chi connectivity index (χ2n) is 7.86.